The number of morpholine rings is 1. The molecule has 1 fully saturated rings. The SMILES string of the molecule is CNCC1CN(S(=O)(=O)c2ccc(C)c(F)c2)CCO1. The van der Waals surface area contributed by atoms with Crippen molar-refractivity contribution in [2.75, 3.05) is 33.3 Å². The van der Waals surface area contributed by atoms with Crippen LogP contribution < -0.4 is 5.32 Å². The highest BCUT2D eigenvalue weighted by molar-refractivity contribution is 7.89. The molecular formula is C13H19FN2O3S. The molecule has 20 heavy (non-hydrogen) atoms. The minimum Gasteiger partial charge on any atom is -0.374 e. The maximum atomic E-state index is 13.6. The van der Waals surface area contributed by atoms with Gasteiger partial charge in [-0.1, -0.05) is 6.07 Å². The fraction of sp³-hybridized carbons (Fsp3) is 0.538. The predicted molar refractivity (Wildman–Crippen MR) is 73.6 cm³/mol. The molecule has 1 saturated heterocycles. The van der Waals surface area contributed by atoms with E-state index in [1.165, 1.54) is 16.4 Å². The summed E-state index contributed by atoms with van der Waals surface area (Å²) in [5.41, 5.74) is 0.430. The van der Waals surface area contributed by atoms with Gasteiger partial charge < -0.3 is 10.1 Å². The fourth-order valence-corrected chi connectivity index (χ4v) is 3.61. The van der Waals surface area contributed by atoms with Crippen molar-refractivity contribution in [1.82, 2.24) is 9.62 Å². The van der Waals surface area contributed by atoms with E-state index in [1.54, 1.807) is 14.0 Å². The first-order valence-corrected chi connectivity index (χ1v) is 7.91. The van der Waals surface area contributed by atoms with Gasteiger partial charge in [0.25, 0.3) is 0 Å². The average Bonchev–Trinajstić information content (AvgIpc) is 2.42. The molecule has 1 unspecified atom stereocenters. The van der Waals surface area contributed by atoms with Crippen molar-refractivity contribution < 1.29 is 17.5 Å². The summed E-state index contributed by atoms with van der Waals surface area (Å²) >= 11 is 0. The van der Waals surface area contributed by atoms with E-state index in [0.717, 1.165) is 6.07 Å². The third-order valence-electron chi connectivity index (χ3n) is 3.31. The van der Waals surface area contributed by atoms with Crippen molar-refractivity contribution in [2.24, 2.45) is 0 Å². The lowest BCUT2D eigenvalue weighted by molar-refractivity contribution is 0.000820. The smallest absolute Gasteiger partial charge is 0.243 e. The molecule has 0 saturated carbocycles. The van der Waals surface area contributed by atoms with Gasteiger partial charge in [0, 0.05) is 19.6 Å². The van der Waals surface area contributed by atoms with Gasteiger partial charge in [0.1, 0.15) is 5.82 Å². The number of hydrogen-bond acceptors (Lipinski definition) is 4. The van der Waals surface area contributed by atoms with Crippen LogP contribution in [0.1, 0.15) is 5.56 Å². The van der Waals surface area contributed by atoms with Gasteiger partial charge in [-0.05, 0) is 31.7 Å². The maximum Gasteiger partial charge on any atom is 0.243 e. The second kappa shape index (κ2) is 6.17. The molecule has 2 rings (SSSR count). The summed E-state index contributed by atoms with van der Waals surface area (Å²) in [6.07, 6.45) is -0.182. The number of rotatable bonds is 4. The molecule has 0 aliphatic carbocycles. The molecular weight excluding hydrogens is 283 g/mol. The highest BCUT2D eigenvalue weighted by Crippen LogP contribution is 2.20. The van der Waals surface area contributed by atoms with E-state index in [1.807, 2.05) is 0 Å². The molecule has 0 spiro atoms. The Balaban J connectivity index is 2.23. The van der Waals surface area contributed by atoms with Crippen LogP contribution in [0.2, 0.25) is 0 Å². The van der Waals surface area contributed by atoms with Crippen LogP contribution in [0.5, 0.6) is 0 Å². The summed E-state index contributed by atoms with van der Waals surface area (Å²) in [7, 11) is -1.88. The Morgan fingerprint density at radius 2 is 2.25 bits per heavy atom. The molecule has 1 aliphatic rings. The molecule has 1 N–H and O–H groups in total. The Bertz CT molecular complexity index is 575. The van der Waals surface area contributed by atoms with Gasteiger partial charge in [0.05, 0.1) is 17.6 Å². The number of halogens is 1. The highest BCUT2D eigenvalue weighted by Gasteiger charge is 2.30. The Kier molecular flexibility index (Phi) is 4.74. The number of ether oxygens (including phenoxy) is 1. The zero-order chi connectivity index (χ0) is 14.8. The fourth-order valence-electron chi connectivity index (χ4n) is 2.14. The second-order valence-electron chi connectivity index (χ2n) is 4.82. The number of sulfonamides is 1. The lowest BCUT2D eigenvalue weighted by atomic mass is 10.2. The van der Waals surface area contributed by atoms with E-state index in [0.29, 0.717) is 18.7 Å². The van der Waals surface area contributed by atoms with E-state index in [4.69, 9.17) is 4.74 Å². The molecule has 7 heteroatoms. The minimum atomic E-state index is -3.67. The Morgan fingerprint density at radius 3 is 2.90 bits per heavy atom. The van der Waals surface area contributed by atoms with Gasteiger partial charge in [-0.15, -0.1) is 0 Å². The Labute approximate surface area is 118 Å². The molecule has 1 atom stereocenters. The standard InChI is InChI=1S/C13H19FN2O3S/c1-10-3-4-12(7-13(10)14)20(17,18)16-5-6-19-11(9-16)8-15-2/h3-4,7,11,15H,5-6,8-9H2,1-2H3. The number of nitrogens with zero attached hydrogens (tertiary/aromatic N) is 1. The molecule has 1 aromatic carbocycles. The van der Waals surface area contributed by atoms with Crippen molar-refractivity contribution in [2.45, 2.75) is 17.9 Å². The minimum absolute atomic E-state index is 0.00860. The number of aryl methyl sites for hydroxylation is 1. The summed E-state index contributed by atoms with van der Waals surface area (Å²) < 4.78 is 45.4. The molecule has 0 amide bonds. The highest BCUT2D eigenvalue weighted by atomic mass is 32.2. The van der Waals surface area contributed by atoms with Crippen LogP contribution in [0.3, 0.4) is 0 Å². The van der Waals surface area contributed by atoms with Gasteiger partial charge in [-0.25, -0.2) is 12.8 Å². The van der Waals surface area contributed by atoms with Gasteiger partial charge in [-0.2, -0.15) is 4.31 Å². The average molecular weight is 302 g/mol. The van der Waals surface area contributed by atoms with E-state index >= 15 is 0 Å². The van der Waals surface area contributed by atoms with Crippen molar-refractivity contribution in [3.05, 3.63) is 29.6 Å². The Morgan fingerprint density at radius 1 is 1.50 bits per heavy atom. The number of hydrogen-bond donors (Lipinski definition) is 1. The van der Waals surface area contributed by atoms with Crippen LogP contribution in [0.4, 0.5) is 4.39 Å². The zero-order valence-electron chi connectivity index (χ0n) is 11.6. The molecule has 0 bridgehead atoms. The monoisotopic (exact) mass is 302 g/mol. The van der Waals surface area contributed by atoms with Gasteiger partial charge in [0.15, 0.2) is 0 Å². The topological polar surface area (TPSA) is 58.6 Å². The summed E-state index contributed by atoms with van der Waals surface area (Å²) in [5.74, 6) is -0.508. The van der Waals surface area contributed by atoms with Crippen LogP contribution in [-0.2, 0) is 14.8 Å². The van der Waals surface area contributed by atoms with Crippen molar-refractivity contribution in [3.8, 4) is 0 Å². The van der Waals surface area contributed by atoms with Crippen molar-refractivity contribution in [3.63, 3.8) is 0 Å². The van der Waals surface area contributed by atoms with Crippen molar-refractivity contribution >= 4 is 10.0 Å². The summed E-state index contributed by atoms with van der Waals surface area (Å²) in [6, 6.07) is 4.00. The third kappa shape index (κ3) is 3.17. The number of likely N-dealkylation sites (N-methyl/N-ethyl adjacent to an activating group) is 1. The number of nitrogens with one attached hydrogen (secondary N) is 1. The Hall–Kier alpha value is -1.02. The maximum absolute atomic E-state index is 13.6. The van der Waals surface area contributed by atoms with Crippen LogP contribution in [-0.4, -0.2) is 52.1 Å². The molecule has 1 aromatic rings. The predicted octanol–water partition coefficient (Wildman–Crippen LogP) is 0.743. The first kappa shape index (κ1) is 15.4. The van der Waals surface area contributed by atoms with Gasteiger partial charge >= 0.3 is 0 Å². The molecule has 1 aliphatic heterocycles. The first-order valence-electron chi connectivity index (χ1n) is 6.47. The zero-order valence-corrected chi connectivity index (χ0v) is 12.4. The lowest BCUT2D eigenvalue weighted by Crippen LogP contribution is -2.48. The quantitative estimate of drug-likeness (QED) is 0.891. The van der Waals surface area contributed by atoms with E-state index in [-0.39, 0.29) is 24.1 Å². The summed E-state index contributed by atoms with van der Waals surface area (Å²) in [5, 5.41) is 2.96. The normalized spacial score (nSPS) is 21.1. The molecule has 0 aromatic heterocycles. The van der Waals surface area contributed by atoms with Crippen LogP contribution in [0.25, 0.3) is 0 Å². The van der Waals surface area contributed by atoms with E-state index in [9.17, 15) is 12.8 Å². The van der Waals surface area contributed by atoms with Gasteiger partial charge in [0.2, 0.25) is 10.0 Å². The molecule has 112 valence electrons. The van der Waals surface area contributed by atoms with Crippen LogP contribution in [0, 0.1) is 12.7 Å². The largest absolute Gasteiger partial charge is 0.374 e. The molecule has 5 nitrogen and oxygen atoms in total. The lowest BCUT2D eigenvalue weighted by Gasteiger charge is -2.32. The summed E-state index contributed by atoms with van der Waals surface area (Å²) in [4.78, 5) is -0.00860. The first-order chi connectivity index (χ1) is 9.45. The van der Waals surface area contributed by atoms with Crippen molar-refractivity contribution in [1.29, 1.82) is 0 Å². The third-order valence-corrected chi connectivity index (χ3v) is 5.18. The second-order valence-corrected chi connectivity index (χ2v) is 6.76. The number of benzene rings is 1. The van der Waals surface area contributed by atoms with Gasteiger partial charge in [-0.3, -0.25) is 0 Å². The summed E-state index contributed by atoms with van der Waals surface area (Å²) in [6.45, 7) is 3.09. The van der Waals surface area contributed by atoms with E-state index in [2.05, 4.69) is 5.32 Å². The molecule has 0 radical (unpaired) electrons. The van der Waals surface area contributed by atoms with Crippen LogP contribution >= 0.6 is 0 Å². The van der Waals surface area contributed by atoms with Crippen LogP contribution in [0.15, 0.2) is 23.1 Å². The molecule has 1 heterocycles. The van der Waals surface area contributed by atoms with E-state index < -0.39 is 15.8 Å².